The molecule has 1 aliphatic heterocycles. The Hall–Kier alpha value is -6.66. The summed E-state index contributed by atoms with van der Waals surface area (Å²) in [5.74, 6) is -2.41. The predicted molar refractivity (Wildman–Crippen MR) is 289 cm³/mol. The highest BCUT2D eigenvalue weighted by Crippen LogP contribution is 2.29. The topological polar surface area (TPSA) is 262 Å². The molecular formula is C56H84N10O8. The molecule has 3 aromatic carbocycles. The third-order valence-electron chi connectivity index (χ3n) is 12.5. The van der Waals surface area contributed by atoms with E-state index < -0.39 is 53.1 Å². The molecular weight excluding hydrogens is 941 g/mol. The number of hydrogen-bond donors (Lipinski definition) is 9. The molecule has 0 radical (unpaired) electrons. The first-order valence-corrected chi connectivity index (χ1v) is 26.0. The number of likely N-dealkylation sites (N-methyl/N-ethyl adjacent to an activating group) is 2. The zero-order valence-electron chi connectivity index (χ0n) is 45.2. The molecule has 4 unspecified atom stereocenters. The van der Waals surface area contributed by atoms with E-state index in [4.69, 9.17) is 5.73 Å². The van der Waals surface area contributed by atoms with Crippen LogP contribution in [0.2, 0.25) is 0 Å². The van der Waals surface area contributed by atoms with Gasteiger partial charge in [-0.3, -0.25) is 38.4 Å². The van der Waals surface area contributed by atoms with Gasteiger partial charge in [0.25, 0.3) is 11.8 Å². The van der Waals surface area contributed by atoms with Crippen molar-refractivity contribution in [3.05, 3.63) is 106 Å². The van der Waals surface area contributed by atoms with E-state index in [0.29, 0.717) is 13.0 Å². The van der Waals surface area contributed by atoms with Gasteiger partial charge in [-0.05, 0) is 131 Å². The van der Waals surface area contributed by atoms with Gasteiger partial charge in [-0.2, -0.15) is 0 Å². The molecule has 0 bridgehead atoms. The minimum absolute atomic E-state index is 0.000000851. The second-order valence-electron chi connectivity index (χ2n) is 20.7. The van der Waals surface area contributed by atoms with Crippen molar-refractivity contribution in [2.45, 2.75) is 136 Å². The molecule has 0 aromatic heterocycles. The van der Waals surface area contributed by atoms with Crippen LogP contribution < -0.4 is 48.3 Å². The highest BCUT2D eigenvalue weighted by Gasteiger charge is 2.38. The number of nitrogens with zero attached hydrogens (tertiary/aromatic N) is 1. The molecule has 5 atom stereocenters. The van der Waals surface area contributed by atoms with Gasteiger partial charge in [-0.15, -0.1) is 0 Å². The van der Waals surface area contributed by atoms with Gasteiger partial charge >= 0.3 is 0 Å². The SMILES string of the molecule is CC(C)C.CNCC(=O)NC(C(=O)N1CC[C@H](NC(=O)c2cccc(C(=O)NCCC(NC(=O)CNC(=O)C(C)NC)C(N)=O)c2)C1)C(C)(C)C.O=CNC1CCCc2ccccc21.c1ccc2c(c1)CCCC2. The van der Waals surface area contributed by atoms with Gasteiger partial charge in [0.15, 0.2) is 0 Å². The number of amides is 8. The van der Waals surface area contributed by atoms with E-state index in [1.807, 2.05) is 26.8 Å². The number of carbonyl (C=O) groups is 8. The standard InChI is InChI=1S/C31H49N9O7.C11H13NO.C10H12.C4H10/c1-18(34-6)27(44)36-16-24(42)38-22(26(32)43)10-12-35-28(45)19-8-7-9-20(14-19)29(46)37-21-11-13-40(17-21)30(47)25(31(2,3)4)39-23(41)15-33-5;13-8-12-11-7-3-5-9-4-1-2-6-10(9)11;1-2-6-10-8-4-3-7-9(10)5-1;1-4(2)3/h7-9,14,18,21-22,25,33-34H,10-13,15-17H2,1-6H3,(H2,32,43)(H,35,45)(H,36,44)(H,37,46)(H,38,42)(H,39,41);1-2,4,6,8,11H,3,5,7H2,(H,12,13);1-2,5-6H,3-4,7-8H2;4H,1-3H3/t18?,21-,22?,25?;;;/m0.../s1. The third-order valence-corrected chi connectivity index (χ3v) is 12.5. The van der Waals surface area contributed by atoms with Crippen molar-refractivity contribution >= 4 is 47.8 Å². The summed E-state index contributed by atoms with van der Waals surface area (Å²) >= 11 is 0. The fourth-order valence-electron chi connectivity index (χ4n) is 8.45. The molecule has 18 nitrogen and oxygen atoms in total. The Morgan fingerprint density at radius 3 is 1.89 bits per heavy atom. The normalized spacial score (nSPS) is 16.6. The highest BCUT2D eigenvalue weighted by molar-refractivity contribution is 6.00. The molecule has 74 heavy (non-hydrogen) atoms. The zero-order chi connectivity index (χ0) is 54.8. The summed E-state index contributed by atoms with van der Waals surface area (Å²) in [5, 5.41) is 21.6. The number of aryl methyl sites for hydroxylation is 3. The van der Waals surface area contributed by atoms with Crippen molar-refractivity contribution in [1.29, 1.82) is 0 Å². The van der Waals surface area contributed by atoms with Crippen LogP contribution in [-0.2, 0) is 48.0 Å². The van der Waals surface area contributed by atoms with Gasteiger partial charge in [0.2, 0.25) is 35.9 Å². The molecule has 0 saturated carbocycles. The van der Waals surface area contributed by atoms with Crippen molar-refractivity contribution in [2.75, 3.05) is 46.8 Å². The Balaban J connectivity index is 0.000000422. The van der Waals surface area contributed by atoms with Crippen LogP contribution in [0.4, 0.5) is 0 Å². The molecule has 6 rings (SSSR count). The molecule has 8 amide bonds. The van der Waals surface area contributed by atoms with Crippen LogP contribution in [0.15, 0.2) is 72.8 Å². The summed E-state index contributed by atoms with van der Waals surface area (Å²) in [5.41, 5.74) is 11.1. The zero-order valence-corrected chi connectivity index (χ0v) is 45.2. The number of nitrogens with two attached hydrogens (primary N) is 1. The molecule has 1 saturated heterocycles. The number of rotatable bonds is 18. The minimum Gasteiger partial charge on any atom is -0.368 e. The van der Waals surface area contributed by atoms with E-state index in [1.165, 1.54) is 55.4 Å². The van der Waals surface area contributed by atoms with E-state index in [2.05, 4.69) is 106 Å². The molecule has 0 spiro atoms. The van der Waals surface area contributed by atoms with Crippen LogP contribution in [0, 0.1) is 11.3 Å². The molecule has 3 aromatic rings. The summed E-state index contributed by atoms with van der Waals surface area (Å²) < 4.78 is 0. The van der Waals surface area contributed by atoms with Crippen molar-refractivity contribution in [2.24, 2.45) is 17.1 Å². The van der Waals surface area contributed by atoms with E-state index in [0.717, 1.165) is 25.2 Å². The van der Waals surface area contributed by atoms with Crippen LogP contribution in [0.25, 0.3) is 0 Å². The summed E-state index contributed by atoms with van der Waals surface area (Å²) in [6, 6.07) is 20.8. The lowest BCUT2D eigenvalue weighted by Gasteiger charge is -2.33. The maximum atomic E-state index is 13.3. The van der Waals surface area contributed by atoms with Crippen molar-refractivity contribution < 1.29 is 38.4 Å². The fraction of sp³-hybridized carbons (Fsp3) is 0.536. The van der Waals surface area contributed by atoms with E-state index >= 15 is 0 Å². The Kier molecular flexibility index (Phi) is 26.5. The molecule has 1 heterocycles. The van der Waals surface area contributed by atoms with Crippen LogP contribution in [0.5, 0.6) is 0 Å². The summed E-state index contributed by atoms with van der Waals surface area (Å²) in [7, 11) is 3.25. The van der Waals surface area contributed by atoms with E-state index in [1.54, 1.807) is 49.2 Å². The number of benzene rings is 3. The number of carbonyl (C=O) groups excluding carboxylic acids is 8. The van der Waals surface area contributed by atoms with Gasteiger partial charge in [-0.1, -0.05) is 96.1 Å². The summed E-state index contributed by atoms with van der Waals surface area (Å²) in [6.07, 6.45) is 10.1. The lowest BCUT2D eigenvalue weighted by Crippen LogP contribution is -2.55. The summed E-state index contributed by atoms with van der Waals surface area (Å²) in [4.78, 5) is 99.3. The maximum absolute atomic E-state index is 13.3. The molecule has 10 N–H and O–H groups in total. The predicted octanol–water partition coefficient (Wildman–Crippen LogP) is 3.62. The van der Waals surface area contributed by atoms with Crippen molar-refractivity contribution in [3.63, 3.8) is 0 Å². The van der Waals surface area contributed by atoms with E-state index in [-0.39, 0.29) is 67.6 Å². The van der Waals surface area contributed by atoms with Crippen molar-refractivity contribution in [3.8, 4) is 0 Å². The van der Waals surface area contributed by atoms with Gasteiger partial charge in [0.1, 0.15) is 12.1 Å². The molecule has 18 heteroatoms. The second-order valence-corrected chi connectivity index (χ2v) is 20.7. The number of fused-ring (bicyclic) bond motifs is 2. The highest BCUT2D eigenvalue weighted by atomic mass is 16.2. The first-order valence-electron chi connectivity index (χ1n) is 26.0. The minimum atomic E-state index is -1.08. The van der Waals surface area contributed by atoms with Crippen LogP contribution in [0.1, 0.15) is 136 Å². The Morgan fingerprint density at radius 1 is 0.730 bits per heavy atom. The fourth-order valence-corrected chi connectivity index (χ4v) is 8.45. The number of primary amides is 1. The smallest absolute Gasteiger partial charge is 0.251 e. The monoisotopic (exact) mass is 1020 g/mol. The van der Waals surface area contributed by atoms with Crippen LogP contribution >= 0.6 is 0 Å². The number of nitrogens with one attached hydrogen (secondary N) is 8. The van der Waals surface area contributed by atoms with Crippen LogP contribution in [-0.4, -0.2) is 124 Å². The quantitative estimate of drug-likeness (QED) is 0.0837. The molecule has 406 valence electrons. The molecule has 3 aliphatic rings. The number of likely N-dealkylation sites (tertiary alicyclic amines) is 1. The first-order chi connectivity index (χ1) is 35.2. The van der Waals surface area contributed by atoms with Gasteiger partial charge < -0.3 is 53.2 Å². The van der Waals surface area contributed by atoms with Crippen LogP contribution in [0.3, 0.4) is 0 Å². The van der Waals surface area contributed by atoms with Gasteiger partial charge in [0.05, 0.1) is 25.2 Å². The third kappa shape index (κ3) is 21.4. The largest absolute Gasteiger partial charge is 0.368 e. The Bertz CT molecular complexity index is 2290. The summed E-state index contributed by atoms with van der Waals surface area (Å²) in [6.45, 7) is 14.2. The molecule has 2 aliphatic carbocycles. The average molecular weight is 1030 g/mol. The Labute approximate surface area is 438 Å². The lowest BCUT2D eigenvalue weighted by atomic mass is 9.85. The van der Waals surface area contributed by atoms with Gasteiger partial charge in [0, 0.05) is 36.8 Å². The Morgan fingerprint density at radius 2 is 1.31 bits per heavy atom. The second kappa shape index (κ2) is 31.8. The van der Waals surface area contributed by atoms with E-state index in [9.17, 15) is 38.4 Å². The lowest BCUT2D eigenvalue weighted by molar-refractivity contribution is -0.138. The maximum Gasteiger partial charge on any atom is 0.251 e. The molecule has 1 fully saturated rings. The average Bonchev–Trinajstić information content (AvgIpc) is 3.85. The number of hydrogen-bond acceptors (Lipinski definition) is 10. The van der Waals surface area contributed by atoms with Gasteiger partial charge in [-0.25, -0.2) is 0 Å². The first kappa shape index (κ1) is 61.6. The van der Waals surface area contributed by atoms with Crippen molar-refractivity contribution in [1.82, 2.24) is 47.4 Å².